The third-order valence-corrected chi connectivity index (χ3v) is 2.94. The predicted octanol–water partition coefficient (Wildman–Crippen LogP) is 3.45. The van der Waals surface area contributed by atoms with Crippen LogP contribution in [-0.4, -0.2) is 11.9 Å². The number of ether oxygens (including phenoxy) is 1. The van der Waals surface area contributed by atoms with Gasteiger partial charge in [-0.3, -0.25) is 0 Å². The lowest BCUT2D eigenvalue weighted by Gasteiger charge is -1.98. The second-order valence-corrected chi connectivity index (χ2v) is 4.52. The van der Waals surface area contributed by atoms with Crippen LogP contribution in [0.5, 0.6) is 0 Å². The molecule has 3 rings (SSSR count). The summed E-state index contributed by atoms with van der Waals surface area (Å²) in [5, 5.41) is 0. The Morgan fingerprint density at radius 2 is 1.82 bits per heavy atom. The van der Waals surface area contributed by atoms with Crippen molar-refractivity contribution in [2.45, 2.75) is 0 Å². The van der Waals surface area contributed by atoms with Gasteiger partial charge in [-0.1, -0.05) is 12.1 Å². The number of nitrogens with zero attached hydrogens (tertiary/aromatic N) is 1. The molecule has 0 saturated heterocycles. The standard InChI is InChI=1S/C16H8F3NO2/c17-11-3-1-2-10(8-11)15-20-14(16(21)22-15)7-9-4-5-12(18)13(19)6-9/h1-8H/b14-7-. The van der Waals surface area contributed by atoms with Gasteiger partial charge in [0.25, 0.3) is 0 Å². The first-order valence-electron chi connectivity index (χ1n) is 6.26. The molecule has 22 heavy (non-hydrogen) atoms. The molecule has 0 aliphatic carbocycles. The SMILES string of the molecule is O=C1OC(c2cccc(F)c2)=N/C1=C\c1ccc(F)c(F)c1. The molecule has 0 atom stereocenters. The fourth-order valence-corrected chi connectivity index (χ4v) is 1.91. The van der Waals surface area contributed by atoms with Gasteiger partial charge < -0.3 is 4.74 Å². The average Bonchev–Trinajstić information content (AvgIpc) is 2.84. The number of carbonyl (C=O) groups excluding carboxylic acids is 1. The minimum atomic E-state index is -1.03. The Morgan fingerprint density at radius 3 is 2.55 bits per heavy atom. The minimum Gasteiger partial charge on any atom is -0.402 e. The molecule has 0 amide bonds. The number of aliphatic imine (C=N–C) groups is 1. The van der Waals surface area contributed by atoms with Crippen molar-refractivity contribution < 1.29 is 22.7 Å². The summed E-state index contributed by atoms with van der Waals surface area (Å²) in [6.07, 6.45) is 1.26. The second-order valence-electron chi connectivity index (χ2n) is 4.52. The maximum atomic E-state index is 13.2. The second kappa shape index (κ2) is 5.48. The quantitative estimate of drug-likeness (QED) is 0.629. The monoisotopic (exact) mass is 303 g/mol. The summed E-state index contributed by atoms with van der Waals surface area (Å²) >= 11 is 0. The molecule has 0 aromatic heterocycles. The summed E-state index contributed by atoms with van der Waals surface area (Å²) in [4.78, 5) is 15.7. The Labute approximate surface area is 123 Å². The Kier molecular flexibility index (Phi) is 3.50. The van der Waals surface area contributed by atoms with Gasteiger partial charge in [-0.2, -0.15) is 0 Å². The highest BCUT2D eigenvalue weighted by atomic mass is 19.2. The number of rotatable bonds is 2. The van der Waals surface area contributed by atoms with E-state index in [4.69, 9.17) is 4.74 Å². The zero-order chi connectivity index (χ0) is 15.7. The molecule has 0 radical (unpaired) electrons. The van der Waals surface area contributed by atoms with Crippen LogP contribution < -0.4 is 0 Å². The van der Waals surface area contributed by atoms with Gasteiger partial charge in [0, 0.05) is 5.56 Å². The van der Waals surface area contributed by atoms with Crippen molar-refractivity contribution in [2.24, 2.45) is 4.99 Å². The smallest absolute Gasteiger partial charge is 0.363 e. The Balaban J connectivity index is 1.95. The van der Waals surface area contributed by atoms with Crippen molar-refractivity contribution in [2.75, 3.05) is 0 Å². The molecule has 0 N–H and O–H groups in total. The topological polar surface area (TPSA) is 38.7 Å². The van der Waals surface area contributed by atoms with Crippen molar-refractivity contribution in [3.63, 3.8) is 0 Å². The molecule has 6 heteroatoms. The zero-order valence-corrected chi connectivity index (χ0v) is 11.0. The number of cyclic esters (lactones) is 1. The highest BCUT2D eigenvalue weighted by Crippen LogP contribution is 2.20. The first kappa shape index (κ1) is 14.1. The van der Waals surface area contributed by atoms with Crippen molar-refractivity contribution in [3.8, 4) is 0 Å². The molecule has 0 spiro atoms. The molecule has 3 nitrogen and oxygen atoms in total. The van der Waals surface area contributed by atoms with E-state index >= 15 is 0 Å². The lowest BCUT2D eigenvalue weighted by molar-refractivity contribution is -0.129. The van der Waals surface area contributed by atoms with Crippen LogP contribution in [0.15, 0.2) is 53.2 Å². The molecular weight excluding hydrogens is 295 g/mol. The minimum absolute atomic E-state index is 0.0432. The van der Waals surface area contributed by atoms with Crippen LogP contribution in [0.1, 0.15) is 11.1 Å². The van der Waals surface area contributed by atoms with Crippen LogP contribution in [-0.2, 0) is 9.53 Å². The lowest BCUT2D eigenvalue weighted by Crippen LogP contribution is -2.05. The fourth-order valence-electron chi connectivity index (χ4n) is 1.91. The van der Waals surface area contributed by atoms with Crippen LogP contribution in [0.3, 0.4) is 0 Å². The Morgan fingerprint density at radius 1 is 1.00 bits per heavy atom. The van der Waals surface area contributed by atoms with Crippen molar-refractivity contribution in [1.29, 1.82) is 0 Å². The van der Waals surface area contributed by atoms with Crippen LogP contribution in [0.2, 0.25) is 0 Å². The van der Waals surface area contributed by atoms with E-state index in [1.165, 1.54) is 36.4 Å². The molecule has 2 aromatic rings. The Bertz CT molecular complexity index is 828. The number of halogens is 3. The number of hydrogen-bond donors (Lipinski definition) is 0. The van der Waals surface area contributed by atoms with E-state index in [9.17, 15) is 18.0 Å². The largest absolute Gasteiger partial charge is 0.402 e. The highest BCUT2D eigenvalue weighted by molar-refractivity contribution is 6.12. The average molecular weight is 303 g/mol. The third kappa shape index (κ3) is 2.76. The van der Waals surface area contributed by atoms with E-state index in [2.05, 4.69) is 4.99 Å². The molecular formula is C16H8F3NO2. The molecule has 2 aromatic carbocycles. The maximum absolute atomic E-state index is 13.2. The van der Waals surface area contributed by atoms with E-state index in [1.807, 2.05) is 0 Å². The summed E-state index contributed by atoms with van der Waals surface area (Å²) < 4.78 is 44.1. The predicted molar refractivity (Wildman–Crippen MR) is 73.4 cm³/mol. The molecule has 1 heterocycles. The first-order valence-corrected chi connectivity index (χ1v) is 6.26. The molecule has 1 aliphatic rings. The zero-order valence-electron chi connectivity index (χ0n) is 11.0. The van der Waals surface area contributed by atoms with E-state index in [0.29, 0.717) is 5.56 Å². The van der Waals surface area contributed by atoms with Gasteiger partial charge >= 0.3 is 5.97 Å². The first-order chi connectivity index (χ1) is 10.5. The number of benzene rings is 2. The van der Waals surface area contributed by atoms with Crippen LogP contribution in [0.25, 0.3) is 6.08 Å². The summed E-state index contributed by atoms with van der Waals surface area (Å²) in [6.45, 7) is 0. The van der Waals surface area contributed by atoms with Crippen LogP contribution >= 0.6 is 0 Å². The summed E-state index contributed by atoms with van der Waals surface area (Å²) in [7, 11) is 0. The van der Waals surface area contributed by atoms with Gasteiger partial charge in [-0.25, -0.2) is 23.0 Å². The Hall–Kier alpha value is -2.89. The number of carbonyl (C=O) groups is 1. The van der Waals surface area contributed by atoms with Crippen LogP contribution in [0.4, 0.5) is 13.2 Å². The third-order valence-electron chi connectivity index (χ3n) is 2.94. The van der Waals surface area contributed by atoms with Gasteiger partial charge in [0.1, 0.15) is 5.82 Å². The molecule has 0 fully saturated rings. The molecule has 0 saturated carbocycles. The number of hydrogen-bond acceptors (Lipinski definition) is 3. The van der Waals surface area contributed by atoms with Crippen molar-refractivity contribution >= 4 is 17.9 Å². The van der Waals surface area contributed by atoms with E-state index in [-0.39, 0.29) is 17.2 Å². The van der Waals surface area contributed by atoms with E-state index in [0.717, 1.165) is 12.1 Å². The summed E-state index contributed by atoms with van der Waals surface area (Å²) in [5.74, 6) is -3.30. The highest BCUT2D eigenvalue weighted by Gasteiger charge is 2.24. The van der Waals surface area contributed by atoms with Gasteiger partial charge in [0.05, 0.1) is 0 Å². The molecule has 110 valence electrons. The summed E-state index contributed by atoms with van der Waals surface area (Å²) in [6, 6.07) is 8.60. The van der Waals surface area contributed by atoms with Crippen molar-refractivity contribution in [1.82, 2.24) is 0 Å². The number of esters is 1. The van der Waals surface area contributed by atoms with Gasteiger partial charge in [-0.15, -0.1) is 0 Å². The molecule has 0 bridgehead atoms. The van der Waals surface area contributed by atoms with Gasteiger partial charge in [0.15, 0.2) is 17.3 Å². The normalized spacial score (nSPS) is 15.9. The van der Waals surface area contributed by atoms with Gasteiger partial charge in [0.2, 0.25) is 5.90 Å². The lowest BCUT2D eigenvalue weighted by atomic mass is 10.2. The van der Waals surface area contributed by atoms with Gasteiger partial charge in [-0.05, 0) is 42.0 Å². The molecule has 0 unspecified atom stereocenters. The van der Waals surface area contributed by atoms with E-state index in [1.54, 1.807) is 0 Å². The van der Waals surface area contributed by atoms with Crippen molar-refractivity contribution in [3.05, 3.63) is 76.7 Å². The molecule has 1 aliphatic heterocycles. The summed E-state index contributed by atoms with van der Waals surface area (Å²) in [5.41, 5.74) is 0.488. The fraction of sp³-hybridized carbons (Fsp3) is 0. The van der Waals surface area contributed by atoms with Crippen LogP contribution in [0, 0.1) is 17.5 Å². The maximum Gasteiger partial charge on any atom is 0.363 e. The van der Waals surface area contributed by atoms with E-state index < -0.39 is 23.4 Å².